The Kier molecular flexibility index (Phi) is 2.75. The van der Waals surface area contributed by atoms with E-state index in [1.54, 1.807) is 30.7 Å². The molecule has 0 aliphatic heterocycles. The predicted molar refractivity (Wildman–Crippen MR) is 62.3 cm³/mol. The summed E-state index contributed by atoms with van der Waals surface area (Å²) in [4.78, 5) is 8.14. The van der Waals surface area contributed by atoms with E-state index in [9.17, 15) is 0 Å². The molecule has 0 aromatic carbocycles. The Balaban J connectivity index is 2.50. The molecule has 3 heteroatoms. The van der Waals surface area contributed by atoms with Crippen molar-refractivity contribution in [3.63, 3.8) is 0 Å². The second kappa shape index (κ2) is 4.37. The van der Waals surface area contributed by atoms with E-state index in [1.807, 2.05) is 12.1 Å². The molecule has 2 aromatic heterocycles. The van der Waals surface area contributed by atoms with Gasteiger partial charge in [-0.1, -0.05) is 6.58 Å². The van der Waals surface area contributed by atoms with E-state index in [4.69, 9.17) is 5.26 Å². The van der Waals surface area contributed by atoms with Gasteiger partial charge < -0.3 is 0 Å². The highest BCUT2D eigenvalue weighted by Crippen LogP contribution is 2.19. The van der Waals surface area contributed by atoms with Gasteiger partial charge in [0.05, 0.1) is 11.3 Å². The van der Waals surface area contributed by atoms with Gasteiger partial charge in [-0.15, -0.1) is 0 Å². The lowest BCUT2D eigenvalue weighted by atomic mass is 10.1. The lowest BCUT2D eigenvalue weighted by Gasteiger charge is -2.01. The average Bonchev–Trinajstić information content (AvgIpc) is 2.39. The molecule has 16 heavy (non-hydrogen) atoms. The minimum absolute atomic E-state index is 0.550. The van der Waals surface area contributed by atoms with Crippen LogP contribution in [0.15, 0.2) is 43.4 Å². The first-order chi connectivity index (χ1) is 7.83. The largest absolute Gasteiger partial charge is 0.263 e. The lowest BCUT2D eigenvalue weighted by Crippen LogP contribution is -1.85. The lowest BCUT2D eigenvalue weighted by molar-refractivity contribution is 1.27. The van der Waals surface area contributed by atoms with Crippen molar-refractivity contribution in [2.24, 2.45) is 0 Å². The summed E-state index contributed by atoms with van der Waals surface area (Å²) >= 11 is 0. The molecule has 3 nitrogen and oxygen atoms in total. The SMILES string of the molecule is C=Cc1cc(-c2cncc(C#N)c2)ccn1. The Bertz CT molecular complexity index is 567. The van der Waals surface area contributed by atoms with Gasteiger partial charge in [-0.3, -0.25) is 9.97 Å². The first kappa shape index (κ1) is 10.1. The van der Waals surface area contributed by atoms with E-state index >= 15 is 0 Å². The predicted octanol–water partition coefficient (Wildman–Crippen LogP) is 2.66. The van der Waals surface area contributed by atoms with Gasteiger partial charge in [0.2, 0.25) is 0 Å². The van der Waals surface area contributed by atoms with Gasteiger partial charge in [-0.25, -0.2) is 0 Å². The summed E-state index contributed by atoms with van der Waals surface area (Å²) < 4.78 is 0. The molecule has 0 N–H and O–H groups in total. The Hall–Kier alpha value is -2.47. The molecule has 0 aliphatic carbocycles. The molecule has 0 spiro atoms. The summed E-state index contributed by atoms with van der Waals surface area (Å²) in [5, 5.41) is 8.79. The number of aromatic nitrogens is 2. The molecular weight excluding hydrogens is 198 g/mol. The van der Waals surface area contributed by atoms with Gasteiger partial charge in [0.15, 0.2) is 0 Å². The zero-order chi connectivity index (χ0) is 11.4. The Morgan fingerprint density at radius 2 is 2.12 bits per heavy atom. The minimum atomic E-state index is 0.550. The molecule has 0 bridgehead atoms. The quantitative estimate of drug-likeness (QED) is 0.760. The molecule has 0 amide bonds. The molecule has 0 atom stereocenters. The molecule has 2 heterocycles. The zero-order valence-corrected chi connectivity index (χ0v) is 8.59. The number of nitrogens with zero attached hydrogens (tertiary/aromatic N) is 3. The second-order valence-corrected chi connectivity index (χ2v) is 3.25. The van der Waals surface area contributed by atoms with Crippen molar-refractivity contribution < 1.29 is 0 Å². The Labute approximate surface area is 93.7 Å². The van der Waals surface area contributed by atoms with Crippen LogP contribution < -0.4 is 0 Å². The van der Waals surface area contributed by atoms with Crippen molar-refractivity contribution in [1.82, 2.24) is 9.97 Å². The van der Waals surface area contributed by atoms with Gasteiger partial charge in [0.25, 0.3) is 0 Å². The van der Waals surface area contributed by atoms with E-state index in [-0.39, 0.29) is 0 Å². The van der Waals surface area contributed by atoms with E-state index in [1.165, 1.54) is 0 Å². The van der Waals surface area contributed by atoms with Crippen LogP contribution in [-0.4, -0.2) is 9.97 Å². The van der Waals surface area contributed by atoms with Gasteiger partial charge in [-0.2, -0.15) is 5.26 Å². The van der Waals surface area contributed by atoms with Crippen molar-refractivity contribution in [2.45, 2.75) is 0 Å². The third-order valence-corrected chi connectivity index (χ3v) is 2.19. The smallest absolute Gasteiger partial charge is 0.101 e. The summed E-state index contributed by atoms with van der Waals surface area (Å²) in [6.07, 6.45) is 6.67. The zero-order valence-electron chi connectivity index (χ0n) is 8.59. The highest BCUT2D eigenvalue weighted by Gasteiger charge is 2.00. The highest BCUT2D eigenvalue weighted by molar-refractivity contribution is 5.65. The molecular formula is C13H9N3. The topological polar surface area (TPSA) is 49.6 Å². The fraction of sp³-hybridized carbons (Fsp3) is 0. The third-order valence-electron chi connectivity index (χ3n) is 2.19. The number of pyridine rings is 2. The second-order valence-electron chi connectivity index (χ2n) is 3.25. The van der Waals surface area contributed by atoms with Crippen molar-refractivity contribution >= 4 is 6.08 Å². The first-order valence-electron chi connectivity index (χ1n) is 4.77. The Morgan fingerprint density at radius 1 is 1.25 bits per heavy atom. The van der Waals surface area contributed by atoms with E-state index in [0.717, 1.165) is 16.8 Å². The summed E-state index contributed by atoms with van der Waals surface area (Å²) in [7, 11) is 0. The molecule has 0 aliphatic rings. The molecule has 0 radical (unpaired) electrons. The van der Waals surface area contributed by atoms with Crippen LogP contribution in [0.1, 0.15) is 11.3 Å². The maximum absolute atomic E-state index is 8.79. The number of hydrogen-bond acceptors (Lipinski definition) is 3. The summed E-state index contributed by atoms with van der Waals surface area (Å²) in [5.74, 6) is 0. The summed E-state index contributed by atoms with van der Waals surface area (Å²) in [6.45, 7) is 3.67. The fourth-order valence-electron chi connectivity index (χ4n) is 1.40. The van der Waals surface area contributed by atoms with Crippen molar-refractivity contribution in [3.05, 3.63) is 54.6 Å². The molecule has 0 fully saturated rings. The van der Waals surface area contributed by atoms with E-state index in [2.05, 4.69) is 22.6 Å². The van der Waals surface area contributed by atoms with Crippen LogP contribution in [0.4, 0.5) is 0 Å². The van der Waals surface area contributed by atoms with Crippen molar-refractivity contribution in [1.29, 1.82) is 5.26 Å². The standard InChI is InChI=1S/C13H9N3/c1-2-13-6-11(3-4-16-13)12-5-10(7-14)8-15-9-12/h2-6,8-9H,1H2. The molecule has 0 saturated carbocycles. The number of nitriles is 1. The van der Waals surface area contributed by atoms with Crippen LogP contribution in [0, 0.1) is 11.3 Å². The van der Waals surface area contributed by atoms with Crippen LogP contribution in [-0.2, 0) is 0 Å². The van der Waals surface area contributed by atoms with Crippen LogP contribution in [0.5, 0.6) is 0 Å². The van der Waals surface area contributed by atoms with E-state index < -0.39 is 0 Å². The van der Waals surface area contributed by atoms with Gasteiger partial charge in [0, 0.05) is 24.2 Å². The van der Waals surface area contributed by atoms with Crippen molar-refractivity contribution in [2.75, 3.05) is 0 Å². The minimum Gasteiger partial charge on any atom is -0.263 e. The summed E-state index contributed by atoms with van der Waals surface area (Å²) in [6, 6.07) is 7.66. The number of hydrogen-bond donors (Lipinski definition) is 0. The van der Waals surface area contributed by atoms with Gasteiger partial charge in [-0.05, 0) is 29.8 Å². The molecule has 0 saturated heterocycles. The molecule has 2 rings (SSSR count). The monoisotopic (exact) mass is 207 g/mol. The third kappa shape index (κ3) is 1.96. The molecule has 2 aromatic rings. The molecule has 76 valence electrons. The fourth-order valence-corrected chi connectivity index (χ4v) is 1.40. The van der Waals surface area contributed by atoms with Crippen LogP contribution in [0.25, 0.3) is 17.2 Å². The summed E-state index contributed by atoms with van der Waals surface area (Å²) in [5.41, 5.74) is 3.24. The normalized spacial score (nSPS) is 9.44. The van der Waals surface area contributed by atoms with Crippen LogP contribution >= 0.6 is 0 Å². The maximum Gasteiger partial charge on any atom is 0.101 e. The van der Waals surface area contributed by atoms with Crippen molar-refractivity contribution in [3.8, 4) is 17.2 Å². The van der Waals surface area contributed by atoms with Gasteiger partial charge >= 0.3 is 0 Å². The van der Waals surface area contributed by atoms with E-state index in [0.29, 0.717) is 5.56 Å². The van der Waals surface area contributed by atoms with Crippen LogP contribution in [0.2, 0.25) is 0 Å². The Morgan fingerprint density at radius 3 is 2.88 bits per heavy atom. The average molecular weight is 207 g/mol. The number of rotatable bonds is 2. The van der Waals surface area contributed by atoms with Crippen LogP contribution in [0.3, 0.4) is 0 Å². The molecule has 0 unspecified atom stereocenters. The first-order valence-corrected chi connectivity index (χ1v) is 4.77. The highest BCUT2D eigenvalue weighted by atomic mass is 14.7. The van der Waals surface area contributed by atoms with Gasteiger partial charge in [0.1, 0.15) is 6.07 Å². The maximum atomic E-state index is 8.79.